The summed E-state index contributed by atoms with van der Waals surface area (Å²) >= 11 is 0. The first-order valence-electron chi connectivity index (χ1n) is 20.1. The molecule has 0 aromatic rings. The first-order valence-corrected chi connectivity index (χ1v) is 20.1. The lowest BCUT2D eigenvalue weighted by molar-refractivity contribution is 0.219. The molecule has 2 aliphatic carbocycles. The van der Waals surface area contributed by atoms with Crippen molar-refractivity contribution in [2.24, 2.45) is 46.3 Å². The van der Waals surface area contributed by atoms with Crippen LogP contribution < -0.4 is 0 Å². The predicted molar refractivity (Wildman–Crippen MR) is 231 cm³/mol. The molecular weight excluding hydrogens is 589 g/mol. The Kier molecular flexibility index (Phi) is 29.3. The van der Waals surface area contributed by atoms with Crippen LogP contribution in [0.15, 0.2) is 86.1 Å². The monoisotopic (exact) mass is 679 g/mol. The van der Waals surface area contributed by atoms with Gasteiger partial charge < -0.3 is 0 Å². The quantitative estimate of drug-likeness (QED) is 0.134. The molecule has 0 saturated heterocycles. The lowest BCUT2D eigenvalue weighted by Gasteiger charge is -2.32. The van der Waals surface area contributed by atoms with E-state index in [0.717, 1.165) is 42.6 Å². The maximum atomic E-state index is 4.53. The first-order chi connectivity index (χ1) is 22.5. The Labute approximate surface area is 311 Å². The second kappa shape index (κ2) is 27.8. The second-order valence-electron chi connectivity index (χ2n) is 17.9. The first kappa shape index (κ1) is 51.5. The van der Waals surface area contributed by atoms with Crippen LogP contribution in [-0.4, -0.2) is 0 Å². The predicted octanol–water partition coefficient (Wildman–Crippen LogP) is 17.1. The van der Waals surface area contributed by atoms with Gasteiger partial charge in [-0.05, 0) is 130 Å². The van der Waals surface area contributed by atoms with Crippen LogP contribution in [0.2, 0.25) is 0 Å². The van der Waals surface area contributed by atoms with Gasteiger partial charge in [-0.3, -0.25) is 0 Å². The van der Waals surface area contributed by atoms with Crippen LogP contribution in [0, 0.1) is 46.3 Å². The summed E-state index contributed by atoms with van der Waals surface area (Å²) in [4.78, 5) is 0. The van der Waals surface area contributed by atoms with Gasteiger partial charge in [0.2, 0.25) is 0 Å². The van der Waals surface area contributed by atoms with Gasteiger partial charge in [-0.15, -0.1) is 26.3 Å². The maximum Gasteiger partial charge on any atom is -0.0103 e. The number of allylic oxidation sites excluding steroid dienone is 7. The molecule has 0 aliphatic heterocycles. The van der Waals surface area contributed by atoms with Gasteiger partial charge in [-0.25, -0.2) is 0 Å². The molecule has 0 N–H and O–H groups in total. The fourth-order valence-corrected chi connectivity index (χ4v) is 6.85. The molecule has 286 valence electrons. The molecular formula is C49H90. The van der Waals surface area contributed by atoms with E-state index in [1.807, 2.05) is 19.9 Å². The average Bonchev–Trinajstić information content (AvgIpc) is 3.44. The van der Waals surface area contributed by atoms with Crippen molar-refractivity contribution in [2.45, 2.75) is 180 Å². The Bertz CT molecular complexity index is 946. The molecule has 5 unspecified atom stereocenters. The molecule has 0 spiro atoms. The van der Waals surface area contributed by atoms with Crippen LogP contribution in [0.5, 0.6) is 0 Å². The third-order valence-corrected chi connectivity index (χ3v) is 10.5. The highest BCUT2D eigenvalue weighted by atomic mass is 14.4. The normalized spacial score (nSPS) is 19.7. The molecule has 0 heteroatoms. The van der Waals surface area contributed by atoms with E-state index >= 15 is 0 Å². The summed E-state index contributed by atoms with van der Waals surface area (Å²) in [6.45, 7) is 59.4. The van der Waals surface area contributed by atoms with Crippen LogP contribution in [0.1, 0.15) is 180 Å². The Hall–Kier alpha value is -1.82. The fraction of sp³-hybridized carbons (Fsp3) is 0.714. The van der Waals surface area contributed by atoms with Crippen molar-refractivity contribution in [2.75, 3.05) is 0 Å². The third kappa shape index (κ3) is 25.7. The smallest absolute Gasteiger partial charge is 0.0103 e. The highest BCUT2D eigenvalue weighted by Gasteiger charge is 2.33. The zero-order chi connectivity index (χ0) is 39.0. The zero-order valence-electron chi connectivity index (χ0n) is 36.3. The molecule has 0 aromatic heterocycles. The van der Waals surface area contributed by atoms with Crippen molar-refractivity contribution in [3.63, 3.8) is 0 Å². The van der Waals surface area contributed by atoms with Gasteiger partial charge in [0.25, 0.3) is 0 Å². The zero-order valence-corrected chi connectivity index (χ0v) is 36.3. The van der Waals surface area contributed by atoms with Gasteiger partial charge >= 0.3 is 0 Å². The molecule has 0 amide bonds. The number of hydrogen-bond donors (Lipinski definition) is 0. The molecule has 0 aromatic carbocycles. The Balaban J connectivity index is -0.000000665. The van der Waals surface area contributed by atoms with E-state index in [0.29, 0.717) is 28.6 Å². The summed E-state index contributed by atoms with van der Waals surface area (Å²) in [5.41, 5.74) is 7.33. The number of rotatable bonds is 13. The van der Waals surface area contributed by atoms with Crippen molar-refractivity contribution >= 4 is 0 Å². The van der Waals surface area contributed by atoms with E-state index in [1.54, 1.807) is 0 Å². The average molecular weight is 679 g/mol. The van der Waals surface area contributed by atoms with Crippen LogP contribution in [0.25, 0.3) is 0 Å². The fourth-order valence-electron chi connectivity index (χ4n) is 6.85. The van der Waals surface area contributed by atoms with E-state index in [1.165, 1.54) is 86.5 Å². The van der Waals surface area contributed by atoms with Crippen LogP contribution >= 0.6 is 0 Å². The van der Waals surface area contributed by atoms with Gasteiger partial charge in [-0.1, -0.05) is 157 Å². The van der Waals surface area contributed by atoms with Crippen molar-refractivity contribution in [1.29, 1.82) is 0 Å². The van der Waals surface area contributed by atoms with Crippen molar-refractivity contribution in [3.8, 4) is 0 Å². The van der Waals surface area contributed by atoms with Crippen molar-refractivity contribution in [3.05, 3.63) is 86.1 Å². The van der Waals surface area contributed by atoms with E-state index in [9.17, 15) is 0 Å². The molecule has 49 heavy (non-hydrogen) atoms. The highest BCUT2D eigenvalue weighted by Crippen LogP contribution is 2.45. The molecule has 2 fully saturated rings. The standard InChI is InChI=1S/C23H36.C10H18.C8H18.C4H10.C4H8/c1-9-12-17(5)18(6)22(10-2)19(7)20(8)23-14-11-13-21(23)15-16(3)4;1-3-7-10(2)8-5-4-6-9-10;1-6-7(2)8(3,4)5;2*1-4(2)3/h9,19,21-23H,1,3,5-6,8,10-15H2,2,4,7H3;3H,1,4-9H2,2H3;7H,6H2,1-5H3;4H,1-3H3;1H2,2-3H3. The minimum absolute atomic E-state index is 0.445. The van der Waals surface area contributed by atoms with Gasteiger partial charge in [-0.2, -0.15) is 0 Å². The van der Waals surface area contributed by atoms with Gasteiger partial charge in [0.1, 0.15) is 0 Å². The third-order valence-electron chi connectivity index (χ3n) is 10.5. The lowest BCUT2D eigenvalue weighted by Crippen LogP contribution is -2.22. The van der Waals surface area contributed by atoms with Gasteiger partial charge in [0, 0.05) is 0 Å². The van der Waals surface area contributed by atoms with E-state index in [4.69, 9.17) is 0 Å². The molecule has 2 saturated carbocycles. The Morgan fingerprint density at radius 3 is 1.61 bits per heavy atom. The van der Waals surface area contributed by atoms with Crippen LogP contribution in [0.4, 0.5) is 0 Å². The minimum Gasteiger partial charge on any atom is -0.103 e. The molecule has 0 heterocycles. The molecule has 5 atom stereocenters. The van der Waals surface area contributed by atoms with Crippen molar-refractivity contribution < 1.29 is 0 Å². The molecule has 0 radical (unpaired) electrons. The van der Waals surface area contributed by atoms with E-state index < -0.39 is 0 Å². The molecule has 2 rings (SSSR count). The molecule has 2 aliphatic rings. The summed E-state index contributed by atoms with van der Waals surface area (Å²) in [6, 6.07) is 0. The minimum atomic E-state index is 0.445. The molecule has 0 nitrogen and oxygen atoms in total. The van der Waals surface area contributed by atoms with Crippen LogP contribution in [-0.2, 0) is 0 Å². The van der Waals surface area contributed by atoms with E-state index in [2.05, 4.69) is 135 Å². The summed E-state index contributed by atoms with van der Waals surface area (Å²) in [5, 5.41) is 0. The van der Waals surface area contributed by atoms with Gasteiger partial charge in [0.05, 0.1) is 0 Å². The molecule has 0 bridgehead atoms. The Morgan fingerprint density at radius 2 is 1.27 bits per heavy atom. The second-order valence-corrected chi connectivity index (χ2v) is 17.9. The largest absolute Gasteiger partial charge is 0.103 e. The van der Waals surface area contributed by atoms with Gasteiger partial charge in [0.15, 0.2) is 0 Å². The lowest BCUT2D eigenvalue weighted by atomic mass is 9.72. The number of hydrogen-bond acceptors (Lipinski definition) is 0. The summed E-state index contributed by atoms with van der Waals surface area (Å²) in [5.74, 6) is 3.98. The topological polar surface area (TPSA) is 0 Å². The maximum absolute atomic E-state index is 4.53. The Morgan fingerprint density at radius 1 is 0.776 bits per heavy atom. The van der Waals surface area contributed by atoms with Crippen molar-refractivity contribution in [1.82, 2.24) is 0 Å². The summed E-state index contributed by atoms with van der Waals surface area (Å²) in [7, 11) is 0. The SMILES string of the molecule is C=C(C)C.C=CCC(=C)C(=C)C(CC)C(C)C(=C)C1CCCC1CC(=C)C.C=CCC1(C)CCCCC1.CC(C)C.CCC(C)C(C)(C)C. The summed E-state index contributed by atoms with van der Waals surface area (Å²) < 4.78 is 0. The van der Waals surface area contributed by atoms with Crippen LogP contribution in [0.3, 0.4) is 0 Å². The summed E-state index contributed by atoms with van der Waals surface area (Å²) in [6.07, 6.45) is 20.7. The van der Waals surface area contributed by atoms with E-state index in [-0.39, 0.29) is 0 Å². The highest BCUT2D eigenvalue weighted by molar-refractivity contribution is 5.31.